The molecule has 1 saturated heterocycles. The number of rotatable bonds is 2. The first-order chi connectivity index (χ1) is 8.24. The van der Waals surface area contributed by atoms with Crippen molar-refractivity contribution in [2.75, 3.05) is 11.4 Å². The first-order valence-corrected chi connectivity index (χ1v) is 6.14. The molecular weight excluding hydrogens is 206 g/mol. The van der Waals surface area contributed by atoms with Gasteiger partial charge in [0.2, 0.25) is 0 Å². The van der Waals surface area contributed by atoms with E-state index in [2.05, 4.69) is 67.3 Å². The van der Waals surface area contributed by atoms with Crippen molar-refractivity contribution in [3.63, 3.8) is 0 Å². The van der Waals surface area contributed by atoms with Crippen LogP contribution in [-0.2, 0) is 0 Å². The lowest BCUT2D eigenvalue weighted by Gasteiger charge is -2.06. The Morgan fingerprint density at radius 3 is 1.94 bits per heavy atom. The third kappa shape index (κ3) is 2.05. The lowest BCUT2D eigenvalue weighted by Crippen LogP contribution is -1.94. The molecule has 1 heterocycles. The lowest BCUT2D eigenvalue weighted by atomic mass is 10.1. The number of nitrogens with zero attached hydrogens (tertiary/aromatic N) is 1. The van der Waals surface area contributed by atoms with Gasteiger partial charge in [-0.15, -0.1) is 0 Å². The molecule has 0 amide bonds. The van der Waals surface area contributed by atoms with Crippen LogP contribution in [0.25, 0.3) is 0 Å². The summed E-state index contributed by atoms with van der Waals surface area (Å²) in [6.07, 6.45) is 0. The molecule has 1 aliphatic rings. The summed E-state index contributed by atoms with van der Waals surface area (Å²) in [5.41, 5.74) is 5.41. The van der Waals surface area contributed by atoms with E-state index in [1.165, 1.54) is 22.4 Å². The van der Waals surface area contributed by atoms with Crippen molar-refractivity contribution >= 4 is 5.69 Å². The topological polar surface area (TPSA) is 3.01 Å². The number of anilines is 1. The molecule has 0 radical (unpaired) electrons. The van der Waals surface area contributed by atoms with Gasteiger partial charge in [-0.1, -0.05) is 47.5 Å². The number of hydrogen-bond acceptors (Lipinski definition) is 1. The highest BCUT2D eigenvalue weighted by Crippen LogP contribution is 2.39. The van der Waals surface area contributed by atoms with Crippen LogP contribution in [0.5, 0.6) is 0 Å². The largest absolute Gasteiger partial charge is 0.360 e. The van der Waals surface area contributed by atoms with Gasteiger partial charge in [0.25, 0.3) is 0 Å². The van der Waals surface area contributed by atoms with Crippen LogP contribution in [0.4, 0.5) is 5.69 Å². The van der Waals surface area contributed by atoms with Gasteiger partial charge in [-0.05, 0) is 31.5 Å². The second-order valence-corrected chi connectivity index (χ2v) is 4.91. The maximum atomic E-state index is 2.43. The second kappa shape index (κ2) is 3.92. The van der Waals surface area contributed by atoms with E-state index in [-0.39, 0.29) is 0 Å². The molecular formula is C16H17N. The monoisotopic (exact) mass is 223 g/mol. The molecule has 0 N–H and O–H groups in total. The summed E-state index contributed by atoms with van der Waals surface area (Å²) in [4.78, 5) is 2.43. The average Bonchev–Trinajstić information content (AvgIpc) is 3.11. The van der Waals surface area contributed by atoms with Crippen LogP contribution in [-0.4, -0.2) is 6.54 Å². The van der Waals surface area contributed by atoms with Crippen LogP contribution >= 0.6 is 0 Å². The highest BCUT2D eigenvalue weighted by molar-refractivity contribution is 5.56. The molecule has 1 fully saturated rings. The van der Waals surface area contributed by atoms with Crippen molar-refractivity contribution in [2.24, 2.45) is 0 Å². The SMILES string of the molecule is Cc1ccc([C@H]2CN2c2ccc(C)cc2)cc1. The fraction of sp³-hybridized carbons (Fsp3) is 0.250. The summed E-state index contributed by atoms with van der Waals surface area (Å²) in [5.74, 6) is 0. The van der Waals surface area contributed by atoms with Crippen molar-refractivity contribution in [1.29, 1.82) is 0 Å². The Bertz CT molecular complexity index is 461. The van der Waals surface area contributed by atoms with Crippen molar-refractivity contribution in [1.82, 2.24) is 0 Å². The molecule has 86 valence electrons. The van der Waals surface area contributed by atoms with E-state index in [0.717, 1.165) is 6.54 Å². The fourth-order valence-electron chi connectivity index (χ4n) is 2.23. The van der Waals surface area contributed by atoms with E-state index >= 15 is 0 Å². The number of hydrogen-bond donors (Lipinski definition) is 0. The smallest absolute Gasteiger partial charge is 0.0718 e. The molecule has 0 bridgehead atoms. The summed E-state index contributed by atoms with van der Waals surface area (Å²) in [6, 6.07) is 18.2. The van der Waals surface area contributed by atoms with Gasteiger partial charge in [0.1, 0.15) is 0 Å². The van der Waals surface area contributed by atoms with E-state index in [1.54, 1.807) is 0 Å². The molecule has 0 saturated carbocycles. The summed E-state index contributed by atoms with van der Waals surface area (Å²) in [7, 11) is 0. The third-order valence-corrected chi connectivity index (χ3v) is 3.44. The first kappa shape index (κ1) is 10.4. The van der Waals surface area contributed by atoms with Crippen LogP contribution < -0.4 is 4.90 Å². The molecule has 17 heavy (non-hydrogen) atoms. The minimum atomic E-state index is 0.582. The van der Waals surface area contributed by atoms with Crippen molar-refractivity contribution in [2.45, 2.75) is 19.9 Å². The molecule has 1 atom stereocenters. The fourth-order valence-corrected chi connectivity index (χ4v) is 2.23. The molecule has 1 nitrogen and oxygen atoms in total. The van der Waals surface area contributed by atoms with Gasteiger partial charge in [0.05, 0.1) is 6.04 Å². The Kier molecular flexibility index (Phi) is 2.40. The van der Waals surface area contributed by atoms with Gasteiger partial charge >= 0.3 is 0 Å². The maximum Gasteiger partial charge on any atom is 0.0718 e. The van der Waals surface area contributed by atoms with E-state index < -0.39 is 0 Å². The van der Waals surface area contributed by atoms with Crippen LogP contribution in [0.1, 0.15) is 22.7 Å². The maximum absolute atomic E-state index is 2.43. The molecule has 0 unspecified atom stereocenters. The third-order valence-electron chi connectivity index (χ3n) is 3.44. The van der Waals surface area contributed by atoms with Gasteiger partial charge in [-0.2, -0.15) is 0 Å². The van der Waals surface area contributed by atoms with E-state index in [4.69, 9.17) is 0 Å². The quantitative estimate of drug-likeness (QED) is 0.698. The number of benzene rings is 2. The Morgan fingerprint density at radius 2 is 1.35 bits per heavy atom. The molecule has 1 heteroatoms. The Labute approximate surface area is 103 Å². The highest BCUT2D eigenvalue weighted by Gasteiger charge is 2.35. The number of aryl methyl sites for hydroxylation is 2. The predicted molar refractivity (Wildman–Crippen MR) is 72.4 cm³/mol. The van der Waals surface area contributed by atoms with Gasteiger partial charge in [0.15, 0.2) is 0 Å². The Hall–Kier alpha value is -1.76. The van der Waals surface area contributed by atoms with Gasteiger partial charge < -0.3 is 4.90 Å². The first-order valence-electron chi connectivity index (χ1n) is 6.14. The normalized spacial score (nSPS) is 18.2. The highest BCUT2D eigenvalue weighted by atomic mass is 15.3. The molecule has 2 aromatic rings. The van der Waals surface area contributed by atoms with Crippen molar-refractivity contribution in [3.05, 3.63) is 65.2 Å². The van der Waals surface area contributed by atoms with Crippen LogP contribution in [0.15, 0.2) is 48.5 Å². The Morgan fingerprint density at radius 1 is 0.824 bits per heavy atom. The minimum Gasteiger partial charge on any atom is -0.360 e. The zero-order valence-corrected chi connectivity index (χ0v) is 10.4. The zero-order valence-electron chi connectivity index (χ0n) is 10.4. The Balaban J connectivity index is 1.78. The molecule has 1 aliphatic heterocycles. The van der Waals surface area contributed by atoms with Crippen molar-refractivity contribution < 1.29 is 0 Å². The van der Waals surface area contributed by atoms with Gasteiger partial charge in [-0.25, -0.2) is 0 Å². The standard InChI is InChI=1S/C16H17N/c1-12-3-7-14(8-4-12)16-11-17(16)15-9-5-13(2)6-10-15/h3-10,16H,11H2,1-2H3/t16-,17?/m1/s1. The molecule has 0 spiro atoms. The average molecular weight is 223 g/mol. The molecule has 0 aliphatic carbocycles. The summed E-state index contributed by atoms with van der Waals surface area (Å²) >= 11 is 0. The summed E-state index contributed by atoms with van der Waals surface area (Å²) in [5, 5.41) is 0. The molecule has 0 aromatic heterocycles. The molecule has 2 aromatic carbocycles. The zero-order chi connectivity index (χ0) is 11.8. The lowest BCUT2D eigenvalue weighted by molar-refractivity contribution is 1.12. The van der Waals surface area contributed by atoms with E-state index in [1.807, 2.05) is 0 Å². The second-order valence-electron chi connectivity index (χ2n) is 4.91. The van der Waals surface area contributed by atoms with Gasteiger partial charge in [-0.3, -0.25) is 0 Å². The van der Waals surface area contributed by atoms with Crippen LogP contribution in [0.3, 0.4) is 0 Å². The van der Waals surface area contributed by atoms with E-state index in [0.29, 0.717) is 6.04 Å². The van der Waals surface area contributed by atoms with Crippen LogP contribution in [0.2, 0.25) is 0 Å². The van der Waals surface area contributed by atoms with E-state index in [9.17, 15) is 0 Å². The van der Waals surface area contributed by atoms with Gasteiger partial charge in [0, 0.05) is 12.2 Å². The van der Waals surface area contributed by atoms with Crippen molar-refractivity contribution in [3.8, 4) is 0 Å². The predicted octanol–water partition coefficient (Wildman–Crippen LogP) is 3.86. The van der Waals surface area contributed by atoms with Crippen LogP contribution in [0, 0.1) is 13.8 Å². The minimum absolute atomic E-state index is 0.582. The molecule has 3 rings (SSSR count). The summed E-state index contributed by atoms with van der Waals surface area (Å²) in [6.45, 7) is 5.41. The summed E-state index contributed by atoms with van der Waals surface area (Å²) < 4.78 is 0.